The maximum absolute atomic E-state index is 5.97. The summed E-state index contributed by atoms with van der Waals surface area (Å²) in [6, 6.07) is 6.06. The van der Waals surface area contributed by atoms with Crippen molar-refractivity contribution in [3.63, 3.8) is 0 Å². The van der Waals surface area contributed by atoms with Gasteiger partial charge in [-0.1, -0.05) is 23.7 Å². The maximum atomic E-state index is 5.97. The predicted molar refractivity (Wildman–Crippen MR) is 83.4 cm³/mol. The largest absolute Gasteiger partial charge is 0.356 e. The number of nitrogens with zero attached hydrogens (tertiary/aromatic N) is 1. The Labute approximate surface area is 124 Å². The molecular weight excluding hydrogens is 349 g/mol. The lowest BCUT2D eigenvalue weighted by Crippen LogP contribution is -2.40. The minimum absolute atomic E-state index is 0. The number of benzene rings is 1. The Balaban J connectivity index is 0.00000144. The van der Waals surface area contributed by atoms with Crippen LogP contribution in [-0.4, -0.2) is 19.0 Å². The third-order valence-electron chi connectivity index (χ3n) is 2.58. The summed E-state index contributed by atoms with van der Waals surface area (Å²) < 4.78 is 0. The number of halogens is 2. The molecule has 1 aliphatic rings. The van der Waals surface area contributed by atoms with E-state index in [1.165, 1.54) is 5.56 Å². The molecule has 2 N–H and O–H groups in total. The molecule has 0 bridgehead atoms. The van der Waals surface area contributed by atoms with Crippen LogP contribution in [0.5, 0.6) is 0 Å². The Kier molecular flexibility index (Phi) is 6.05. The zero-order valence-electron chi connectivity index (χ0n) is 9.79. The van der Waals surface area contributed by atoms with Gasteiger partial charge >= 0.3 is 0 Å². The van der Waals surface area contributed by atoms with Crippen LogP contribution in [0.1, 0.15) is 17.5 Å². The summed E-state index contributed by atoms with van der Waals surface area (Å²) in [6.07, 6.45) is 1.12. The summed E-state index contributed by atoms with van der Waals surface area (Å²) in [4.78, 5) is 4.35. The van der Waals surface area contributed by atoms with Gasteiger partial charge < -0.3 is 10.6 Å². The van der Waals surface area contributed by atoms with E-state index in [4.69, 9.17) is 11.6 Å². The zero-order chi connectivity index (χ0) is 11.4. The lowest BCUT2D eigenvalue weighted by Gasteiger charge is -2.16. The Morgan fingerprint density at radius 2 is 2.29 bits per heavy atom. The Morgan fingerprint density at radius 3 is 2.94 bits per heavy atom. The van der Waals surface area contributed by atoms with Gasteiger partial charge in [0.25, 0.3) is 0 Å². The van der Waals surface area contributed by atoms with Crippen molar-refractivity contribution in [1.82, 2.24) is 10.6 Å². The number of rotatable bonds is 2. The molecule has 0 atom stereocenters. The van der Waals surface area contributed by atoms with Gasteiger partial charge in [-0.25, -0.2) is 0 Å². The molecule has 1 heterocycles. The lowest BCUT2D eigenvalue weighted by molar-refractivity contribution is 0.702. The average Bonchev–Trinajstić information content (AvgIpc) is 2.32. The van der Waals surface area contributed by atoms with E-state index >= 15 is 0 Å². The summed E-state index contributed by atoms with van der Waals surface area (Å²) >= 11 is 5.97. The first-order chi connectivity index (χ1) is 7.75. The number of nitrogens with one attached hydrogen (secondary N) is 2. The Morgan fingerprint density at radius 1 is 1.47 bits per heavy atom. The van der Waals surface area contributed by atoms with Gasteiger partial charge in [0.2, 0.25) is 0 Å². The van der Waals surface area contributed by atoms with Crippen LogP contribution in [0.25, 0.3) is 0 Å². The molecule has 0 fully saturated rings. The monoisotopic (exact) mass is 365 g/mol. The summed E-state index contributed by atoms with van der Waals surface area (Å²) in [5, 5.41) is 7.33. The molecule has 1 aromatic carbocycles. The van der Waals surface area contributed by atoms with Crippen LogP contribution in [-0.2, 0) is 6.54 Å². The average molecular weight is 366 g/mol. The van der Waals surface area contributed by atoms with Gasteiger partial charge in [0.1, 0.15) is 0 Å². The van der Waals surface area contributed by atoms with E-state index in [9.17, 15) is 0 Å². The van der Waals surface area contributed by atoms with E-state index in [2.05, 4.69) is 21.7 Å². The van der Waals surface area contributed by atoms with Crippen molar-refractivity contribution in [2.45, 2.75) is 19.9 Å². The first-order valence-electron chi connectivity index (χ1n) is 5.53. The first kappa shape index (κ1) is 14.6. The fourth-order valence-electron chi connectivity index (χ4n) is 1.65. The van der Waals surface area contributed by atoms with Crippen molar-refractivity contribution in [2.75, 3.05) is 13.1 Å². The second-order valence-corrected chi connectivity index (χ2v) is 4.35. The van der Waals surface area contributed by atoms with Crippen LogP contribution in [0.4, 0.5) is 0 Å². The molecule has 0 aliphatic carbocycles. The van der Waals surface area contributed by atoms with E-state index in [-0.39, 0.29) is 24.0 Å². The van der Waals surface area contributed by atoms with E-state index in [0.717, 1.165) is 42.6 Å². The molecule has 0 amide bonds. The highest BCUT2D eigenvalue weighted by Crippen LogP contribution is 2.15. The second kappa shape index (κ2) is 7.06. The second-order valence-electron chi connectivity index (χ2n) is 3.95. The van der Waals surface area contributed by atoms with E-state index in [1.807, 2.05) is 19.1 Å². The number of hydrogen-bond donors (Lipinski definition) is 2. The summed E-state index contributed by atoms with van der Waals surface area (Å²) in [6.45, 7) is 4.71. The van der Waals surface area contributed by atoms with E-state index < -0.39 is 0 Å². The van der Waals surface area contributed by atoms with Crippen molar-refractivity contribution in [1.29, 1.82) is 0 Å². The minimum Gasteiger partial charge on any atom is -0.356 e. The summed E-state index contributed by atoms with van der Waals surface area (Å²) in [7, 11) is 0. The van der Waals surface area contributed by atoms with Gasteiger partial charge in [0, 0.05) is 24.7 Å². The van der Waals surface area contributed by atoms with Gasteiger partial charge in [-0.2, -0.15) is 0 Å². The first-order valence-corrected chi connectivity index (χ1v) is 5.91. The molecule has 17 heavy (non-hydrogen) atoms. The standard InChI is InChI=1S/C12H16ClN3.HI/c1-9-7-10(3-4-11(9)13)8-16-12-14-5-2-6-15-12;/h3-4,7H,2,5-6,8H2,1H3,(H2,14,15,16);1H. The molecule has 0 radical (unpaired) electrons. The number of hydrogen-bond acceptors (Lipinski definition) is 3. The summed E-state index contributed by atoms with van der Waals surface area (Å²) in [5.41, 5.74) is 2.33. The fourth-order valence-corrected chi connectivity index (χ4v) is 1.77. The lowest BCUT2D eigenvalue weighted by atomic mass is 10.1. The highest BCUT2D eigenvalue weighted by Gasteiger charge is 2.03. The minimum atomic E-state index is 0. The fraction of sp³-hybridized carbons (Fsp3) is 0.417. The number of guanidine groups is 1. The smallest absolute Gasteiger partial charge is 0.191 e. The zero-order valence-corrected chi connectivity index (χ0v) is 12.9. The molecule has 0 unspecified atom stereocenters. The third-order valence-corrected chi connectivity index (χ3v) is 3.00. The molecule has 0 aromatic heterocycles. The molecule has 0 saturated carbocycles. The molecule has 0 saturated heterocycles. The van der Waals surface area contributed by atoms with Crippen LogP contribution in [0, 0.1) is 6.92 Å². The SMILES string of the molecule is Cc1cc(CNC2=NCCCN2)ccc1Cl.I. The molecule has 2 rings (SSSR count). The molecule has 0 spiro atoms. The predicted octanol–water partition coefficient (Wildman–Crippen LogP) is 2.71. The van der Waals surface area contributed by atoms with E-state index in [1.54, 1.807) is 0 Å². The van der Waals surface area contributed by atoms with Gasteiger partial charge in [-0.05, 0) is 30.5 Å². The molecule has 5 heteroatoms. The highest BCUT2D eigenvalue weighted by molar-refractivity contribution is 14.0. The quantitative estimate of drug-likeness (QED) is 0.791. The van der Waals surface area contributed by atoms with Crippen LogP contribution >= 0.6 is 35.6 Å². The highest BCUT2D eigenvalue weighted by atomic mass is 127. The van der Waals surface area contributed by atoms with Crippen LogP contribution < -0.4 is 10.6 Å². The molecular formula is C12H17ClIN3. The maximum Gasteiger partial charge on any atom is 0.191 e. The van der Waals surface area contributed by atoms with Gasteiger partial charge in [-0.3, -0.25) is 4.99 Å². The Bertz CT molecular complexity index is 407. The van der Waals surface area contributed by atoms with Gasteiger partial charge in [0.05, 0.1) is 0 Å². The summed E-state index contributed by atoms with van der Waals surface area (Å²) in [5.74, 6) is 0.902. The number of aliphatic imine (C=N–C) groups is 1. The van der Waals surface area contributed by atoms with E-state index in [0.29, 0.717) is 0 Å². The topological polar surface area (TPSA) is 36.4 Å². The van der Waals surface area contributed by atoms with Crippen molar-refractivity contribution < 1.29 is 0 Å². The van der Waals surface area contributed by atoms with Gasteiger partial charge in [0.15, 0.2) is 5.96 Å². The van der Waals surface area contributed by atoms with Crippen molar-refractivity contribution >= 4 is 41.5 Å². The molecule has 94 valence electrons. The van der Waals surface area contributed by atoms with Crippen LogP contribution in [0.15, 0.2) is 23.2 Å². The molecule has 1 aromatic rings. The Hall–Kier alpha value is -0.490. The molecule has 1 aliphatic heterocycles. The van der Waals surface area contributed by atoms with Crippen molar-refractivity contribution in [3.8, 4) is 0 Å². The van der Waals surface area contributed by atoms with Crippen LogP contribution in [0.3, 0.4) is 0 Å². The van der Waals surface area contributed by atoms with Crippen molar-refractivity contribution in [2.24, 2.45) is 4.99 Å². The molecule has 3 nitrogen and oxygen atoms in total. The van der Waals surface area contributed by atoms with Crippen LogP contribution in [0.2, 0.25) is 5.02 Å². The van der Waals surface area contributed by atoms with Gasteiger partial charge in [-0.15, -0.1) is 24.0 Å². The normalized spacial score (nSPS) is 14.4. The third kappa shape index (κ3) is 4.35. The number of aryl methyl sites for hydroxylation is 1. The van der Waals surface area contributed by atoms with Crippen molar-refractivity contribution in [3.05, 3.63) is 34.3 Å².